The molecule has 0 atom stereocenters. The Morgan fingerprint density at radius 3 is 2.50 bits per heavy atom. The second-order valence-corrected chi connectivity index (χ2v) is 4.19. The summed E-state index contributed by atoms with van der Waals surface area (Å²) in [5, 5.41) is 0. The fourth-order valence-electron chi connectivity index (χ4n) is 1.73. The Morgan fingerprint density at radius 2 is 1.92 bits per heavy atom. The predicted molar refractivity (Wildman–Crippen MR) is 58.5 cm³/mol. The first-order valence-electron chi connectivity index (χ1n) is 4.86. The molecule has 0 aromatic rings. The lowest BCUT2D eigenvalue weighted by Crippen LogP contribution is -1.86. The molecule has 0 saturated heterocycles. The van der Waals surface area contributed by atoms with E-state index in [9.17, 15) is 0 Å². The van der Waals surface area contributed by atoms with Crippen molar-refractivity contribution in [2.45, 2.75) is 46.0 Å². The van der Waals surface area contributed by atoms with Gasteiger partial charge < -0.3 is 0 Å². The van der Waals surface area contributed by atoms with E-state index in [4.69, 9.17) is 0 Å². The highest BCUT2D eigenvalue weighted by molar-refractivity contribution is 9.12. The smallest absolute Gasteiger partial charge is 0.0170 e. The summed E-state index contributed by atoms with van der Waals surface area (Å²) in [6.07, 6.45) is 8.54. The van der Waals surface area contributed by atoms with Gasteiger partial charge in [0.25, 0.3) is 0 Å². The molecule has 1 aliphatic rings. The summed E-state index contributed by atoms with van der Waals surface area (Å²) >= 11 is 3.62. The molecule has 0 spiro atoms. The number of hydrogen-bond acceptors (Lipinski definition) is 0. The summed E-state index contributed by atoms with van der Waals surface area (Å²) in [4.78, 5) is 0. The lowest BCUT2D eigenvalue weighted by molar-refractivity contribution is 0.846. The normalized spacial score (nSPS) is 17.1. The Bertz CT molecular complexity index is 211. The van der Waals surface area contributed by atoms with Gasteiger partial charge in [0.15, 0.2) is 0 Å². The van der Waals surface area contributed by atoms with Crippen LogP contribution >= 0.6 is 15.9 Å². The maximum Gasteiger partial charge on any atom is 0.0170 e. The molecule has 0 radical (unpaired) electrons. The zero-order valence-corrected chi connectivity index (χ0v) is 9.58. The third kappa shape index (κ3) is 2.22. The van der Waals surface area contributed by atoms with Crippen LogP contribution in [0.15, 0.2) is 21.7 Å². The van der Waals surface area contributed by atoms with Crippen molar-refractivity contribution in [3.05, 3.63) is 21.7 Å². The van der Waals surface area contributed by atoms with Gasteiger partial charge in [-0.2, -0.15) is 0 Å². The molecule has 0 heterocycles. The molecule has 0 aromatic carbocycles. The van der Waals surface area contributed by atoms with E-state index in [-0.39, 0.29) is 0 Å². The Hall–Kier alpha value is -0.0400. The minimum atomic E-state index is 1.18. The van der Waals surface area contributed by atoms with Gasteiger partial charge in [-0.1, -0.05) is 54.3 Å². The first-order valence-corrected chi connectivity index (χ1v) is 5.65. The molecule has 0 aromatic heterocycles. The van der Waals surface area contributed by atoms with Gasteiger partial charge in [-0.25, -0.2) is 0 Å². The van der Waals surface area contributed by atoms with Crippen LogP contribution in [0.2, 0.25) is 0 Å². The summed E-state index contributed by atoms with van der Waals surface area (Å²) in [5.74, 6) is 0. The Morgan fingerprint density at radius 1 is 1.25 bits per heavy atom. The molecule has 68 valence electrons. The molecular weight excluding hydrogens is 212 g/mol. The van der Waals surface area contributed by atoms with Crippen LogP contribution in [-0.2, 0) is 0 Å². The van der Waals surface area contributed by atoms with Gasteiger partial charge in [-0.05, 0) is 24.8 Å². The molecular formula is C11H17Br. The molecule has 0 nitrogen and oxygen atoms in total. The summed E-state index contributed by atoms with van der Waals surface area (Å²) in [6, 6.07) is 0. The van der Waals surface area contributed by atoms with Crippen LogP contribution in [0.5, 0.6) is 0 Å². The maximum absolute atomic E-state index is 3.62. The zero-order chi connectivity index (χ0) is 8.97. The second-order valence-electron chi connectivity index (χ2n) is 3.34. The molecule has 0 saturated carbocycles. The van der Waals surface area contributed by atoms with Crippen LogP contribution in [0.25, 0.3) is 0 Å². The molecule has 1 heteroatoms. The molecule has 12 heavy (non-hydrogen) atoms. The van der Waals surface area contributed by atoms with Gasteiger partial charge in [-0.15, -0.1) is 0 Å². The van der Waals surface area contributed by atoms with E-state index in [0.29, 0.717) is 0 Å². The first kappa shape index (κ1) is 10.0. The number of rotatable bonds is 4. The summed E-state index contributed by atoms with van der Waals surface area (Å²) in [6.45, 7) is 4.50. The van der Waals surface area contributed by atoms with E-state index in [1.54, 1.807) is 11.1 Å². The van der Waals surface area contributed by atoms with Gasteiger partial charge in [0.05, 0.1) is 0 Å². The average molecular weight is 229 g/mol. The maximum atomic E-state index is 3.62. The van der Waals surface area contributed by atoms with E-state index in [1.165, 1.54) is 36.6 Å². The van der Waals surface area contributed by atoms with Gasteiger partial charge >= 0.3 is 0 Å². The summed E-state index contributed by atoms with van der Waals surface area (Å²) < 4.78 is 1.35. The fourth-order valence-corrected chi connectivity index (χ4v) is 2.37. The molecule has 0 N–H and O–H groups in total. The SMILES string of the molecule is CCCC1=C(CCC)C(Br)=CC1. The summed E-state index contributed by atoms with van der Waals surface area (Å²) in [5.41, 5.74) is 3.24. The Kier molecular flexibility index (Phi) is 4.07. The van der Waals surface area contributed by atoms with Crippen LogP contribution < -0.4 is 0 Å². The van der Waals surface area contributed by atoms with Crippen molar-refractivity contribution in [3.8, 4) is 0 Å². The van der Waals surface area contributed by atoms with Crippen molar-refractivity contribution in [1.29, 1.82) is 0 Å². The van der Waals surface area contributed by atoms with Crippen LogP contribution in [0.1, 0.15) is 46.0 Å². The zero-order valence-electron chi connectivity index (χ0n) is 7.99. The molecule has 0 bridgehead atoms. The van der Waals surface area contributed by atoms with E-state index in [0.717, 1.165) is 0 Å². The highest BCUT2D eigenvalue weighted by atomic mass is 79.9. The van der Waals surface area contributed by atoms with Crippen LogP contribution in [0.4, 0.5) is 0 Å². The first-order chi connectivity index (χ1) is 5.79. The topological polar surface area (TPSA) is 0 Å². The van der Waals surface area contributed by atoms with Gasteiger partial charge in [0, 0.05) is 4.48 Å². The monoisotopic (exact) mass is 228 g/mol. The number of hydrogen-bond donors (Lipinski definition) is 0. The molecule has 0 aliphatic heterocycles. The highest BCUT2D eigenvalue weighted by Crippen LogP contribution is 2.35. The average Bonchev–Trinajstić information content (AvgIpc) is 2.37. The standard InChI is InChI=1S/C11H17Br/c1-3-5-9-7-8-11(12)10(9)6-4-2/h8H,3-7H2,1-2H3. The van der Waals surface area contributed by atoms with Crippen LogP contribution in [-0.4, -0.2) is 0 Å². The summed E-state index contributed by atoms with van der Waals surface area (Å²) in [7, 11) is 0. The third-order valence-electron chi connectivity index (χ3n) is 2.29. The fraction of sp³-hybridized carbons (Fsp3) is 0.636. The number of halogens is 1. The molecule has 0 fully saturated rings. The largest absolute Gasteiger partial charge is 0.0659 e. The number of allylic oxidation sites excluding steroid dienone is 4. The van der Waals surface area contributed by atoms with E-state index >= 15 is 0 Å². The van der Waals surface area contributed by atoms with Crippen molar-refractivity contribution in [2.24, 2.45) is 0 Å². The minimum Gasteiger partial charge on any atom is -0.0659 e. The third-order valence-corrected chi connectivity index (χ3v) is 3.10. The van der Waals surface area contributed by atoms with E-state index < -0.39 is 0 Å². The van der Waals surface area contributed by atoms with Gasteiger partial charge in [0.2, 0.25) is 0 Å². The van der Waals surface area contributed by atoms with Crippen molar-refractivity contribution >= 4 is 15.9 Å². The lowest BCUT2D eigenvalue weighted by Gasteiger charge is -2.05. The Labute approximate surface area is 83.9 Å². The highest BCUT2D eigenvalue weighted by Gasteiger charge is 2.13. The Balaban J connectivity index is 2.67. The van der Waals surface area contributed by atoms with Crippen molar-refractivity contribution in [1.82, 2.24) is 0 Å². The second kappa shape index (κ2) is 4.86. The minimum absolute atomic E-state index is 1.18. The van der Waals surface area contributed by atoms with Crippen molar-refractivity contribution < 1.29 is 0 Å². The molecule has 1 rings (SSSR count). The molecule has 0 amide bonds. The molecule has 0 unspecified atom stereocenters. The van der Waals surface area contributed by atoms with Gasteiger partial charge in [-0.3, -0.25) is 0 Å². The quantitative estimate of drug-likeness (QED) is 0.662. The van der Waals surface area contributed by atoms with Crippen LogP contribution in [0.3, 0.4) is 0 Å². The lowest BCUT2D eigenvalue weighted by atomic mass is 10.0. The molecule has 1 aliphatic carbocycles. The van der Waals surface area contributed by atoms with Crippen LogP contribution in [0, 0.1) is 0 Å². The van der Waals surface area contributed by atoms with Crippen molar-refractivity contribution in [3.63, 3.8) is 0 Å². The van der Waals surface area contributed by atoms with E-state index in [1.807, 2.05) is 0 Å². The van der Waals surface area contributed by atoms with E-state index in [2.05, 4.69) is 35.9 Å². The van der Waals surface area contributed by atoms with Crippen molar-refractivity contribution in [2.75, 3.05) is 0 Å². The predicted octanol–water partition coefficient (Wildman–Crippen LogP) is 4.57. The van der Waals surface area contributed by atoms with Gasteiger partial charge in [0.1, 0.15) is 0 Å².